The second kappa shape index (κ2) is 3.25. The van der Waals surface area contributed by atoms with Crippen molar-refractivity contribution in [2.45, 2.75) is 56.0 Å². The maximum absolute atomic E-state index is 11.8. The third-order valence-corrected chi connectivity index (χ3v) is 3.94. The molecule has 1 heterocycles. The van der Waals surface area contributed by atoms with Crippen molar-refractivity contribution < 1.29 is 4.79 Å². The predicted molar refractivity (Wildman–Crippen MR) is 53.1 cm³/mol. The van der Waals surface area contributed by atoms with E-state index in [4.69, 9.17) is 11.6 Å². The van der Waals surface area contributed by atoms with Crippen LogP contribution >= 0.6 is 11.6 Å². The van der Waals surface area contributed by atoms with Crippen LogP contribution < -0.4 is 5.32 Å². The van der Waals surface area contributed by atoms with Crippen molar-refractivity contribution in [1.82, 2.24) is 5.32 Å². The number of carbonyl (C=O) groups excluding carboxylic acids is 1. The molecule has 0 amide bonds. The van der Waals surface area contributed by atoms with E-state index in [-0.39, 0.29) is 11.8 Å². The lowest BCUT2D eigenvalue weighted by molar-refractivity contribution is -0.125. The zero-order valence-electron chi connectivity index (χ0n) is 7.98. The van der Waals surface area contributed by atoms with Crippen LogP contribution in [-0.4, -0.2) is 22.7 Å². The van der Waals surface area contributed by atoms with E-state index in [9.17, 15) is 4.79 Å². The van der Waals surface area contributed by atoms with Gasteiger partial charge >= 0.3 is 0 Å². The Balaban J connectivity index is 2.20. The van der Waals surface area contributed by atoms with Gasteiger partial charge in [0, 0.05) is 18.5 Å². The largest absolute Gasteiger partial charge is 0.309 e. The van der Waals surface area contributed by atoms with E-state index < -0.39 is 4.87 Å². The highest BCUT2D eigenvalue weighted by Gasteiger charge is 2.48. The zero-order chi connectivity index (χ0) is 9.47. The van der Waals surface area contributed by atoms with Crippen LogP contribution in [0.2, 0.25) is 0 Å². The number of halogens is 1. The van der Waals surface area contributed by atoms with Crippen molar-refractivity contribution in [3.05, 3.63) is 0 Å². The van der Waals surface area contributed by atoms with Gasteiger partial charge in [0.05, 0.1) is 0 Å². The molecule has 3 heteroatoms. The molecule has 0 aromatic carbocycles. The first kappa shape index (κ1) is 9.47. The Bertz CT molecular complexity index is 231. The van der Waals surface area contributed by atoms with E-state index >= 15 is 0 Å². The average Bonchev–Trinajstić information content (AvgIpc) is 2.07. The second-order valence-electron chi connectivity index (χ2n) is 4.36. The molecule has 1 N–H and O–H groups in total. The first-order chi connectivity index (χ1) is 6.13. The Morgan fingerprint density at radius 1 is 1.54 bits per heavy atom. The van der Waals surface area contributed by atoms with Gasteiger partial charge in [-0.3, -0.25) is 4.79 Å². The van der Waals surface area contributed by atoms with E-state index in [1.165, 1.54) is 6.42 Å². The molecular weight excluding hydrogens is 186 g/mol. The lowest BCUT2D eigenvalue weighted by Gasteiger charge is -2.44. The van der Waals surface area contributed by atoms with Gasteiger partial charge in [0.1, 0.15) is 4.87 Å². The number of fused-ring (bicyclic) bond motifs is 1. The number of rotatable bonds is 0. The number of carbonyl (C=O) groups is 1. The molecule has 1 saturated carbocycles. The number of ketones is 1. The number of Topliss-reactive ketones (excluding diaryl/α,β-unsaturated/α-hetero) is 1. The molecule has 1 aliphatic carbocycles. The normalized spacial score (nSPS) is 45.8. The van der Waals surface area contributed by atoms with E-state index in [1.807, 2.05) is 0 Å². The summed E-state index contributed by atoms with van der Waals surface area (Å²) in [5.41, 5.74) is 0. The Hall–Kier alpha value is -0.0800. The molecular formula is C10H16ClNO. The maximum Gasteiger partial charge on any atom is 0.156 e. The van der Waals surface area contributed by atoms with Crippen molar-refractivity contribution in [2.24, 2.45) is 0 Å². The van der Waals surface area contributed by atoms with E-state index in [0.717, 1.165) is 19.3 Å². The van der Waals surface area contributed by atoms with Gasteiger partial charge in [0.25, 0.3) is 0 Å². The fraction of sp³-hybridized carbons (Fsp3) is 0.900. The van der Waals surface area contributed by atoms with Crippen molar-refractivity contribution in [1.29, 1.82) is 0 Å². The highest BCUT2D eigenvalue weighted by Crippen LogP contribution is 2.39. The predicted octanol–water partition coefficient (Wildman–Crippen LogP) is 1.86. The number of piperidine rings is 1. The Labute approximate surface area is 84.0 Å². The Morgan fingerprint density at radius 2 is 2.31 bits per heavy atom. The second-order valence-corrected chi connectivity index (χ2v) is 5.03. The van der Waals surface area contributed by atoms with Gasteiger partial charge in [-0.15, -0.1) is 11.6 Å². The van der Waals surface area contributed by atoms with E-state index in [2.05, 4.69) is 12.2 Å². The summed E-state index contributed by atoms with van der Waals surface area (Å²) in [6, 6.07) is 0.529. The molecule has 1 aliphatic heterocycles. The SMILES string of the molecule is CC1CC(=O)C2(Cl)CCCCC2N1. The molecule has 2 fully saturated rings. The van der Waals surface area contributed by atoms with Crippen LogP contribution in [0.4, 0.5) is 0 Å². The fourth-order valence-corrected chi connectivity index (χ4v) is 2.92. The smallest absolute Gasteiger partial charge is 0.156 e. The van der Waals surface area contributed by atoms with Crippen molar-refractivity contribution >= 4 is 17.4 Å². The van der Waals surface area contributed by atoms with Crippen LogP contribution in [0.1, 0.15) is 39.0 Å². The molecule has 74 valence electrons. The first-order valence-corrected chi connectivity index (χ1v) is 5.49. The van der Waals surface area contributed by atoms with Crippen molar-refractivity contribution in [3.63, 3.8) is 0 Å². The third-order valence-electron chi connectivity index (χ3n) is 3.28. The molecule has 0 spiro atoms. The first-order valence-electron chi connectivity index (χ1n) is 5.11. The highest BCUT2D eigenvalue weighted by atomic mass is 35.5. The van der Waals surface area contributed by atoms with E-state index in [1.54, 1.807) is 0 Å². The summed E-state index contributed by atoms with van der Waals surface area (Å²) in [4.78, 5) is 11.2. The van der Waals surface area contributed by atoms with Gasteiger partial charge < -0.3 is 5.32 Å². The molecule has 0 radical (unpaired) electrons. The molecule has 1 saturated heterocycles. The Morgan fingerprint density at radius 3 is 3.08 bits per heavy atom. The zero-order valence-corrected chi connectivity index (χ0v) is 8.73. The summed E-state index contributed by atoms with van der Waals surface area (Å²) in [7, 11) is 0. The molecule has 0 aromatic heterocycles. The van der Waals surface area contributed by atoms with Gasteiger partial charge in [-0.05, 0) is 19.8 Å². The molecule has 0 aromatic rings. The summed E-state index contributed by atoms with van der Waals surface area (Å²) < 4.78 is 0. The number of nitrogens with one attached hydrogen (secondary N) is 1. The van der Waals surface area contributed by atoms with Gasteiger partial charge in [-0.1, -0.05) is 12.8 Å². The average molecular weight is 202 g/mol. The van der Waals surface area contributed by atoms with Crippen LogP contribution in [0, 0.1) is 0 Å². The lowest BCUT2D eigenvalue weighted by Crippen LogP contribution is -2.61. The number of hydrogen-bond donors (Lipinski definition) is 1. The van der Waals surface area contributed by atoms with Crippen LogP contribution in [-0.2, 0) is 4.79 Å². The lowest BCUT2D eigenvalue weighted by atomic mass is 9.76. The van der Waals surface area contributed by atoms with E-state index in [0.29, 0.717) is 12.5 Å². The van der Waals surface area contributed by atoms with Crippen LogP contribution in [0.25, 0.3) is 0 Å². The van der Waals surface area contributed by atoms with Crippen molar-refractivity contribution in [2.75, 3.05) is 0 Å². The summed E-state index contributed by atoms with van der Waals surface area (Å²) in [5.74, 6) is 0.255. The minimum absolute atomic E-state index is 0.221. The topological polar surface area (TPSA) is 29.1 Å². The quantitative estimate of drug-likeness (QED) is 0.607. The standard InChI is InChI=1S/C10H16ClNO/c1-7-6-9(13)10(11)5-3-2-4-8(10)12-7/h7-8,12H,2-6H2,1H3. The summed E-state index contributed by atoms with van der Waals surface area (Å²) >= 11 is 6.38. The minimum Gasteiger partial charge on any atom is -0.309 e. The minimum atomic E-state index is -0.565. The molecule has 3 atom stereocenters. The number of alkyl halides is 1. The summed E-state index contributed by atoms with van der Waals surface area (Å²) in [5, 5.41) is 3.44. The van der Waals surface area contributed by atoms with Gasteiger partial charge in [0.15, 0.2) is 5.78 Å². The van der Waals surface area contributed by atoms with Gasteiger partial charge in [-0.25, -0.2) is 0 Å². The molecule has 2 nitrogen and oxygen atoms in total. The third kappa shape index (κ3) is 1.50. The molecule has 2 aliphatic rings. The maximum atomic E-state index is 11.8. The monoisotopic (exact) mass is 201 g/mol. The molecule has 13 heavy (non-hydrogen) atoms. The van der Waals surface area contributed by atoms with Crippen LogP contribution in [0.15, 0.2) is 0 Å². The molecule has 0 bridgehead atoms. The fourth-order valence-electron chi connectivity index (χ4n) is 2.53. The summed E-state index contributed by atoms with van der Waals surface area (Å²) in [6.07, 6.45) is 4.81. The van der Waals surface area contributed by atoms with Gasteiger partial charge in [-0.2, -0.15) is 0 Å². The van der Waals surface area contributed by atoms with Gasteiger partial charge in [0.2, 0.25) is 0 Å². The number of hydrogen-bond acceptors (Lipinski definition) is 2. The Kier molecular flexibility index (Phi) is 2.37. The highest BCUT2D eigenvalue weighted by molar-refractivity contribution is 6.36. The van der Waals surface area contributed by atoms with Crippen molar-refractivity contribution in [3.8, 4) is 0 Å². The van der Waals surface area contributed by atoms with Crippen LogP contribution in [0.5, 0.6) is 0 Å². The molecule has 2 rings (SSSR count). The molecule has 3 unspecified atom stereocenters. The van der Waals surface area contributed by atoms with Crippen LogP contribution in [0.3, 0.4) is 0 Å². The summed E-state index contributed by atoms with van der Waals surface area (Å²) in [6.45, 7) is 2.06.